The summed E-state index contributed by atoms with van der Waals surface area (Å²) in [6.45, 7) is 0.340. The van der Waals surface area contributed by atoms with Gasteiger partial charge in [0.05, 0.1) is 12.6 Å². The molecule has 0 radical (unpaired) electrons. The van der Waals surface area contributed by atoms with Crippen LogP contribution in [0.3, 0.4) is 0 Å². The number of halogens is 2. The maximum absolute atomic E-state index is 13.4. The van der Waals surface area contributed by atoms with Crippen molar-refractivity contribution in [1.29, 1.82) is 0 Å². The van der Waals surface area contributed by atoms with Gasteiger partial charge >= 0.3 is 0 Å². The number of carbonyl (C=O) groups is 1. The van der Waals surface area contributed by atoms with Crippen LogP contribution in [0.15, 0.2) is 48.5 Å². The first kappa shape index (κ1) is 17.4. The Morgan fingerprint density at radius 2 is 1.87 bits per heavy atom. The molecular weight excluding hydrogens is 319 g/mol. The van der Waals surface area contributed by atoms with Gasteiger partial charge in [-0.25, -0.2) is 4.39 Å². The van der Waals surface area contributed by atoms with Crippen molar-refractivity contribution in [3.05, 3.63) is 70.5 Å². The van der Waals surface area contributed by atoms with Crippen LogP contribution in [0.5, 0.6) is 0 Å². The molecule has 0 aliphatic carbocycles. The van der Waals surface area contributed by atoms with E-state index in [9.17, 15) is 14.3 Å². The molecule has 1 atom stereocenters. The number of rotatable bonds is 7. The van der Waals surface area contributed by atoms with Crippen LogP contribution < -0.4 is 10.6 Å². The zero-order chi connectivity index (χ0) is 16.7. The summed E-state index contributed by atoms with van der Waals surface area (Å²) < 4.78 is 13.4. The van der Waals surface area contributed by atoms with Gasteiger partial charge < -0.3 is 15.7 Å². The first-order chi connectivity index (χ1) is 11.1. The lowest BCUT2D eigenvalue weighted by atomic mass is 10.1. The van der Waals surface area contributed by atoms with Gasteiger partial charge in [0.1, 0.15) is 5.82 Å². The Labute approximate surface area is 139 Å². The Balaban J connectivity index is 1.73. The summed E-state index contributed by atoms with van der Waals surface area (Å²) in [6.07, 6.45) is -0.803. The van der Waals surface area contributed by atoms with Crippen LogP contribution in [-0.4, -0.2) is 24.1 Å². The van der Waals surface area contributed by atoms with Gasteiger partial charge in [-0.1, -0.05) is 48.0 Å². The van der Waals surface area contributed by atoms with Crippen LogP contribution in [0, 0.1) is 5.82 Å². The Morgan fingerprint density at radius 3 is 2.61 bits per heavy atom. The summed E-state index contributed by atoms with van der Waals surface area (Å²) in [7, 11) is 0. The molecule has 6 heteroatoms. The van der Waals surface area contributed by atoms with Crippen molar-refractivity contribution in [2.75, 3.05) is 13.1 Å². The maximum atomic E-state index is 13.4. The van der Waals surface area contributed by atoms with Gasteiger partial charge in [0.2, 0.25) is 5.91 Å². The molecule has 0 spiro atoms. The number of aliphatic hydroxyl groups is 1. The van der Waals surface area contributed by atoms with E-state index in [4.69, 9.17) is 11.6 Å². The molecule has 0 aliphatic rings. The predicted molar refractivity (Wildman–Crippen MR) is 87.5 cm³/mol. The molecule has 4 nitrogen and oxygen atoms in total. The molecule has 2 aromatic carbocycles. The highest BCUT2D eigenvalue weighted by Gasteiger charge is 2.11. The van der Waals surface area contributed by atoms with Crippen molar-refractivity contribution in [3.8, 4) is 0 Å². The molecule has 2 aromatic rings. The smallest absolute Gasteiger partial charge is 0.234 e. The topological polar surface area (TPSA) is 61.4 Å². The molecule has 0 unspecified atom stereocenters. The Bertz CT molecular complexity index is 667. The second-order valence-corrected chi connectivity index (χ2v) is 5.44. The molecule has 0 bridgehead atoms. The van der Waals surface area contributed by atoms with Crippen molar-refractivity contribution in [1.82, 2.24) is 10.6 Å². The molecule has 0 fully saturated rings. The summed E-state index contributed by atoms with van der Waals surface area (Å²) in [5.74, 6) is -0.630. The van der Waals surface area contributed by atoms with E-state index < -0.39 is 6.10 Å². The lowest BCUT2D eigenvalue weighted by Gasteiger charge is -2.13. The van der Waals surface area contributed by atoms with E-state index in [1.54, 1.807) is 42.5 Å². The Hall–Kier alpha value is -1.95. The normalized spacial score (nSPS) is 12.0. The van der Waals surface area contributed by atoms with Gasteiger partial charge in [0, 0.05) is 29.2 Å². The number of benzene rings is 2. The number of carbonyl (C=O) groups excluding carboxylic acids is 1. The average molecular weight is 337 g/mol. The molecule has 23 heavy (non-hydrogen) atoms. The minimum absolute atomic E-state index is 0.0238. The molecule has 0 aliphatic heterocycles. The van der Waals surface area contributed by atoms with Gasteiger partial charge in [0.15, 0.2) is 0 Å². The third-order valence-corrected chi connectivity index (χ3v) is 3.67. The first-order valence-electron chi connectivity index (χ1n) is 7.21. The van der Waals surface area contributed by atoms with Crippen molar-refractivity contribution < 1.29 is 14.3 Å². The fraction of sp³-hybridized carbons (Fsp3) is 0.235. The highest BCUT2D eigenvalue weighted by atomic mass is 35.5. The fourth-order valence-electron chi connectivity index (χ4n) is 2.08. The number of hydrogen-bond acceptors (Lipinski definition) is 3. The summed E-state index contributed by atoms with van der Waals surface area (Å²) in [4.78, 5) is 11.7. The summed E-state index contributed by atoms with van der Waals surface area (Å²) in [5, 5.41) is 16.0. The van der Waals surface area contributed by atoms with E-state index in [0.29, 0.717) is 16.1 Å². The number of aliphatic hydroxyl groups excluding tert-OH is 1. The van der Waals surface area contributed by atoms with E-state index in [1.807, 2.05) is 0 Å². The third-order valence-electron chi connectivity index (χ3n) is 3.32. The highest BCUT2D eigenvalue weighted by Crippen LogP contribution is 2.21. The van der Waals surface area contributed by atoms with Crippen LogP contribution in [0.1, 0.15) is 17.2 Å². The van der Waals surface area contributed by atoms with Crippen molar-refractivity contribution in [2.45, 2.75) is 12.6 Å². The van der Waals surface area contributed by atoms with Crippen LogP contribution in [-0.2, 0) is 11.3 Å². The van der Waals surface area contributed by atoms with Crippen LogP contribution >= 0.6 is 11.6 Å². The molecule has 0 saturated carbocycles. The van der Waals surface area contributed by atoms with Crippen molar-refractivity contribution in [3.63, 3.8) is 0 Å². The van der Waals surface area contributed by atoms with E-state index >= 15 is 0 Å². The second kappa shape index (κ2) is 8.62. The van der Waals surface area contributed by atoms with Crippen LogP contribution in [0.2, 0.25) is 5.02 Å². The van der Waals surface area contributed by atoms with Gasteiger partial charge in [-0.05, 0) is 12.1 Å². The van der Waals surface area contributed by atoms with Crippen molar-refractivity contribution in [2.24, 2.45) is 0 Å². The van der Waals surface area contributed by atoms with E-state index in [0.717, 1.165) is 0 Å². The van der Waals surface area contributed by atoms with E-state index in [1.165, 1.54) is 6.07 Å². The molecular formula is C17H18ClFN2O2. The number of hydrogen-bond donors (Lipinski definition) is 3. The third kappa shape index (κ3) is 5.32. The van der Waals surface area contributed by atoms with Gasteiger partial charge in [0.25, 0.3) is 0 Å². The summed E-state index contributed by atoms with van der Waals surface area (Å²) in [6, 6.07) is 13.3. The molecule has 0 saturated heterocycles. The lowest BCUT2D eigenvalue weighted by Crippen LogP contribution is -2.35. The Morgan fingerprint density at radius 1 is 1.17 bits per heavy atom. The second-order valence-electron chi connectivity index (χ2n) is 5.04. The van der Waals surface area contributed by atoms with E-state index in [-0.39, 0.29) is 31.4 Å². The quantitative estimate of drug-likeness (QED) is 0.727. The minimum atomic E-state index is -0.803. The number of nitrogens with one attached hydrogen (secondary N) is 2. The molecule has 0 heterocycles. The SMILES string of the molecule is O=C(CNC[C@@H](O)c1ccccc1Cl)NCc1ccccc1F. The van der Waals surface area contributed by atoms with Crippen LogP contribution in [0.25, 0.3) is 0 Å². The van der Waals surface area contributed by atoms with Gasteiger partial charge in [-0.2, -0.15) is 0 Å². The molecule has 0 aromatic heterocycles. The monoisotopic (exact) mass is 336 g/mol. The standard InChI is InChI=1S/C17H18ClFN2O2/c18-14-7-3-2-6-13(14)16(22)10-20-11-17(23)21-9-12-5-1-4-8-15(12)19/h1-8,16,20,22H,9-11H2,(H,21,23)/t16-/m1/s1. The minimum Gasteiger partial charge on any atom is -0.387 e. The molecule has 2 rings (SSSR count). The molecule has 3 N–H and O–H groups in total. The highest BCUT2D eigenvalue weighted by molar-refractivity contribution is 6.31. The summed E-state index contributed by atoms with van der Waals surface area (Å²) in [5.41, 5.74) is 1.03. The largest absolute Gasteiger partial charge is 0.387 e. The van der Waals surface area contributed by atoms with Crippen molar-refractivity contribution >= 4 is 17.5 Å². The van der Waals surface area contributed by atoms with Gasteiger partial charge in [-0.15, -0.1) is 0 Å². The zero-order valence-corrected chi connectivity index (χ0v) is 13.2. The predicted octanol–water partition coefficient (Wildman–Crippen LogP) is 2.42. The molecule has 122 valence electrons. The Kier molecular flexibility index (Phi) is 6.52. The molecule has 1 amide bonds. The van der Waals surface area contributed by atoms with Gasteiger partial charge in [-0.3, -0.25) is 4.79 Å². The average Bonchev–Trinajstić information content (AvgIpc) is 2.54. The fourth-order valence-corrected chi connectivity index (χ4v) is 2.34. The lowest BCUT2D eigenvalue weighted by molar-refractivity contribution is -0.120. The zero-order valence-electron chi connectivity index (χ0n) is 12.4. The van der Waals surface area contributed by atoms with E-state index in [2.05, 4.69) is 10.6 Å². The first-order valence-corrected chi connectivity index (χ1v) is 7.59. The number of amides is 1. The van der Waals surface area contributed by atoms with Crippen LogP contribution in [0.4, 0.5) is 4.39 Å². The summed E-state index contributed by atoms with van der Waals surface area (Å²) >= 11 is 5.99. The maximum Gasteiger partial charge on any atom is 0.234 e.